The minimum absolute atomic E-state index is 0. The van der Waals surface area contributed by atoms with E-state index in [9.17, 15) is 5.11 Å². The zero-order valence-electron chi connectivity index (χ0n) is 17.4. The Hall–Kier alpha value is -0.200. The van der Waals surface area contributed by atoms with Crippen LogP contribution in [-0.4, -0.2) is 124 Å². The number of hydrogen-bond acceptors (Lipinski definition) is 6. The molecule has 0 aliphatic carbocycles. The van der Waals surface area contributed by atoms with E-state index in [0.29, 0.717) is 19.1 Å². The number of nitrogens with one attached hydrogen (secondary N) is 2. The fourth-order valence-corrected chi connectivity index (χ4v) is 3.42. The number of aliphatic hydroxyl groups is 1. The predicted octanol–water partition coefficient (Wildman–Crippen LogP) is -0.511. The highest BCUT2D eigenvalue weighted by Gasteiger charge is 2.26. The molecule has 2 aliphatic rings. The molecule has 3 N–H and O–H groups in total. The Morgan fingerprint density at radius 1 is 1.19 bits per heavy atom. The van der Waals surface area contributed by atoms with E-state index >= 15 is 0 Å². The van der Waals surface area contributed by atoms with Gasteiger partial charge in [-0.05, 0) is 27.9 Å². The van der Waals surface area contributed by atoms with Gasteiger partial charge in [-0.15, -0.1) is 24.0 Å². The first kappa shape index (κ1) is 24.8. The number of guanidine groups is 1. The maximum absolute atomic E-state index is 10.7. The molecule has 0 radical (unpaired) electrons. The van der Waals surface area contributed by atoms with Gasteiger partial charge in [0.05, 0.1) is 25.4 Å². The quantitative estimate of drug-likeness (QED) is 0.248. The fraction of sp³-hybridized carbons (Fsp3) is 0.944. The maximum Gasteiger partial charge on any atom is 0.191 e. The molecule has 2 rings (SSSR count). The van der Waals surface area contributed by atoms with E-state index in [1.165, 1.54) is 0 Å². The summed E-state index contributed by atoms with van der Waals surface area (Å²) in [5.41, 5.74) is -0.846. The Kier molecular flexibility index (Phi) is 11.4. The van der Waals surface area contributed by atoms with Crippen molar-refractivity contribution in [2.75, 3.05) is 86.2 Å². The fourth-order valence-electron chi connectivity index (χ4n) is 3.42. The Bertz CT molecular complexity index is 446. The highest BCUT2D eigenvalue weighted by Crippen LogP contribution is 2.09. The molecule has 2 unspecified atom stereocenters. The number of β-amino-alcohol motifs (C(OH)–C–C–N with tert-alkyl or cyclic N) is 1. The van der Waals surface area contributed by atoms with Gasteiger partial charge in [0.2, 0.25) is 0 Å². The topological polar surface area (TPSA) is 75.6 Å². The second-order valence-corrected chi connectivity index (χ2v) is 7.86. The number of rotatable bonds is 7. The zero-order valence-corrected chi connectivity index (χ0v) is 19.7. The van der Waals surface area contributed by atoms with E-state index in [-0.39, 0.29) is 24.0 Å². The van der Waals surface area contributed by atoms with Gasteiger partial charge < -0.3 is 25.4 Å². The lowest BCUT2D eigenvalue weighted by molar-refractivity contribution is -0.0180. The van der Waals surface area contributed by atoms with Gasteiger partial charge in [0.1, 0.15) is 0 Å². The van der Waals surface area contributed by atoms with Gasteiger partial charge in [0, 0.05) is 58.4 Å². The number of halogens is 1. The SMILES string of the molecule is CCNC(=NCC(C)(O)CN1CCOCC1)NCC1CN(C)CCN1C.I. The standard InChI is InChI=1S/C18H38N6O2.HI/c1-5-19-17(20-12-16-13-22(3)6-7-23(16)4)21-14-18(2,25)15-24-8-10-26-11-9-24;/h16,25H,5-15H2,1-4H3,(H2,19,20,21);1H. The molecule has 2 atom stereocenters. The second-order valence-electron chi connectivity index (χ2n) is 7.86. The number of morpholine rings is 1. The largest absolute Gasteiger partial charge is 0.387 e. The third kappa shape index (κ3) is 9.23. The van der Waals surface area contributed by atoms with Crippen LogP contribution < -0.4 is 10.6 Å². The summed E-state index contributed by atoms with van der Waals surface area (Å²) in [6, 6.07) is 0.464. The number of ether oxygens (including phenoxy) is 1. The molecule has 0 bridgehead atoms. The van der Waals surface area contributed by atoms with Crippen molar-refractivity contribution in [3.63, 3.8) is 0 Å². The number of piperazine rings is 1. The van der Waals surface area contributed by atoms with Crippen LogP contribution in [0.25, 0.3) is 0 Å². The summed E-state index contributed by atoms with van der Waals surface area (Å²) in [7, 11) is 4.35. The van der Waals surface area contributed by atoms with Crippen molar-refractivity contribution in [3.05, 3.63) is 0 Å². The van der Waals surface area contributed by atoms with Gasteiger partial charge in [-0.3, -0.25) is 14.8 Å². The average molecular weight is 498 g/mol. The van der Waals surface area contributed by atoms with Crippen LogP contribution in [0, 0.1) is 0 Å². The van der Waals surface area contributed by atoms with Crippen molar-refractivity contribution in [1.29, 1.82) is 0 Å². The number of hydrogen-bond donors (Lipinski definition) is 3. The third-order valence-electron chi connectivity index (χ3n) is 5.08. The maximum atomic E-state index is 10.7. The van der Waals surface area contributed by atoms with Crippen LogP contribution in [0.2, 0.25) is 0 Å². The van der Waals surface area contributed by atoms with Crippen LogP contribution in [0.5, 0.6) is 0 Å². The molecule has 0 aromatic rings. The minimum Gasteiger partial charge on any atom is -0.387 e. The Morgan fingerprint density at radius 3 is 2.56 bits per heavy atom. The van der Waals surface area contributed by atoms with Gasteiger partial charge in [0.25, 0.3) is 0 Å². The molecular weight excluding hydrogens is 459 g/mol. The molecule has 0 aromatic carbocycles. The van der Waals surface area contributed by atoms with Crippen molar-refractivity contribution < 1.29 is 9.84 Å². The molecule has 0 amide bonds. The number of nitrogens with zero attached hydrogens (tertiary/aromatic N) is 4. The molecule has 160 valence electrons. The smallest absolute Gasteiger partial charge is 0.191 e. The van der Waals surface area contributed by atoms with Crippen LogP contribution in [-0.2, 0) is 4.74 Å². The van der Waals surface area contributed by atoms with Crippen molar-refractivity contribution in [1.82, 2.24) is 25.3 Å². The molecule has 8 nitrogen and oxygen atoms in total. The summed E-state index contributed by atoms with van der Waals surface area (Å²) in [5.74, 6) is 0.774. The molecule has 2 aliphatic heterocycles. The number of likely N-dealkylation sites (N-methyl/N-ethyl adjacent to an activating group) is 2. The first-order valence-corrected chi connectivity index (χ1v) is 9.83. The predicted molar refractivity (Wildman–Crippen MR) is 121 cm³/mol. The van der Waals surface area contributed by atoms with Crippen LogP contribution in [0.3, 0.4) is 0 Å². The molecule has 9 heteroatoms. The van der Waals surface area contributed by atoms with Crippen molar-refractivity contribution in [2.45, 2.75) is 25.5 Å². The Balaban J connectivity index is 0.00000364. The number of aliphatic imine (C=N–C) groups is 1. The van der Waals surface area contributed by atoms with Crippen LogP contribution in [0.4, 0.5) is 0 Å². The van der Waals surface area contributed by atoms with Gasteiger partial charge in [-0.2, -0.15) is 0 Å². The van der Waals surface area contributed by atoms with E-state index in [0.717, 1.165) is 65.0 Å². The first-order valence-electron chi connectivity index (χ1n) is 9.83. The zero-order chi connectivity index (χ0) is 19.0. The molecule has 2 saturated heterocycles. The molecule has 0 spiro atoms. The summed E-state index contributed by atoms with van der Waals surface area (Å²) >= 11 is 0. The van der Waals surface area contributed by atoms with E-state index in [2.05, 4.69) is 51.3 Å². The normalized spacial score (nSPS) is 25.5. The van der Waals surface area contributed by atoms with E-state index in [4.69, 9.17) is 4.74 Å². The van der Waals surface area contributed by atoms with Gasteiger partial charge in [0.15, 0.2) is 5.96 Å². The lowest BCUT2D eigenvalue weighted by atomic mass is 10.1. The minimum atomic E-state index is -0.846. The molecule has 0 saturated carbocycles. The van der Waals surface area contributed by atoms with E-state index in [1.54, 1.807) is 0 Å². The highest BCUT2D eigenvalue weighted by atomic mass is 127. The van der Waals surface area contributed by atoms with E-state index < -0.39 is 5.60 Å². The van der Waals surface area contributed by atoms with Crippen molar-refractivity contribution in [3.8, 4) is 0 Å². The first-order chi connectivity index (χ1) is 12.4. The molecule has 0 aromatic heterocycles. The summed E-state index contributed by atoms with van der Waals surface area (Å²) < 4.78 is 5.37. The van der Waals surface area contributed by atoms with Crippen LogP contribution >= 0.6 is 24.0 Å². The Labute approximate surface area is 181 Å². The second kappa shape index (κ2) is 12.4. The Morgan fingerprint density at radius 2 is 1.89 bits per heavy atom. The lowest BCUT2D eigenvalue weighted by Gasteiger charge is -2.38. The molecule has 27 heavy (non-hydrogen) atoms. The average Bonchev–Trinajstić information content (AvgIpc) is 2.60. The van der Waals surface area contributed by atoms with E-state index in [1.807, 2.05) is 6.92 Å². The van der Waals surface area contributed by atoms with Crippen LogP contribution in [0.15, 0.2) is 4.99 Å². The van der Waals surface area contributed by atoms with Crippen molar-refractivity contribution >= 4 is 29.9 Å². The molecule has 2 heterocycles. The van der Waals surface area contributed by atoms with Crippen molar-refractivity contribution in [2.24, 2.45) is 4.99 Å². The highest BCUT2D eigenvalue weighted by molar-refractivity contribution is 14.0. The lowest BCUT2D eigenvalue weighted by Crippen LogP contribution is -2.55. The summed E-state index contributed by atoms with van der Waals surface area (Å²) in [5, 5.41) is 17.4. The van der Waals surface area contributed by atoms with Gasteiger partial charge >= 0.3 is 0 Å². The molecular formula is C18H39IN6O2. The monoisotopic (exact) mass is 498 g/mol. The van der Waals surface area contributed by atoms with Gasteiger partial charge in [-0.25, -0.2) is 0 Å². The van der Waals surface area contributed by atoms with Crippen LogP contribution in [0.1, 0.15) is 13.8 Å². The summed E-state index contributed by atoms with van der Waals surface area (Å²) in [6.45, 7) is 13.1. The molecule has 2 fully saturated rings. The summed E-state index contributed by atoms with van der Waals surface area (Å²) in [4.78, 5) is 11.6. The summed E-state index contributed by atoms with van der Waals surface area (Å²) in [6.07, 6.45) is 0. The van der Waals surface area contributed by atoms with Gasteiger partial charge in [-0.1, -0.05) is 0 Å². The third-order valence-corrected chi connectivity index (χ3v) is 5.08.